The molecule has 0 heterocycles. The lowest BCUT2D eigenvalue weighted by atomic mass is 10.2. The van der Waals surface area contributed by atoms with Crippen LogP contribution in [0.2, 0.25) is 0 Å². The molecule has 0 saturated carbocycles. The number of nitrogens with one attached hydrogen (secondary N) is 1. The zero-order valence-corrected chi connectivity index (χ0v) is 12.1. The van der Waals surface area contributed by atoms with Gasteiger partial charge in [0.15, 0.2) is 11.0 Å². The van der Waals surface area contributed by atoms with Gasteiger partial charge in [0.2, 0.25) is 10.0 Å². The molecule has 1 unspecified atom stereocenters. The smallest absolute Gasteiger partial charge is 0.334 e. The summed E-state index contributed by atoms with van der Waals surface area (Å²) in [5, 5.41) is 19.7. The van der Waals surface area contributed by atoms with Crippen molar-refractivity contribution in [3.05, 3.63) is 33.9 Å². The maximum atomic E-state index is 12.2. The third-order valence-electron chi connectivity index (χ3n) is 2.68. The second-order valence-electron chi connectivity index (χ2n) is 4.09. The molecule has 1 rings (SSSR count). The van der Waals surface area contributed by atoms with Crippen LogP contribution >= 0.6 is 0 Å². The van der Waals surface area contributed by atoms with Crippen LogP contribution in [0.1, 0.15) is 5.56 Å². The number of ether oxygens (including phenoxy) is 1. The van der Waals surface area contributed by atoms with Crippen molar-refractivity contribution in [1.82, 2.24) is 4.72 Å². The third-order valence-corrected chi connectivity index (χ3v) is 4.29. The van der Waals surface area contributed by atoms with Gasteiger partial charge in [-0.15, -0.1) is 0 Å². The van der Waals surface area contributed by atoms with Crippen molar-refractivity contribution in [2.75, 3.05) is 13.7 Å². The predicted molar refractivity (Wildman–Crippen MR) is 71.5 cm³/mol. The van der Waals surface area contributed by atoms with Gasteiger partial charge < -0.3 is 9.84 Å². The molecule has 1 aromatic carbocycles. The molecule has 0 bridgehead atoms. The number of sulfonamides is 1. The average molecular weight is 318 g/mol. The van der Waals surface area contributed by atoms with Crippen LogP contribution in [0.25, 0.3) is 0 Å². The van der Waals surface area contributed by atoms with Gasteiger partial charge in [-0.2, -0.15) is 0 Å². The van der Waals surface area contributed by atoms with E-state index in [9.17, 15) is 23.3 Å². The van der Waals surface area contributed by atoms with E-state index in [1.807, 2.05) is 4.72 Å². The molecule has 21 heavy (non-hydrogen) atoms. The van der Waals surface area contributed by atoms with E-state index >= 15 is 0 Å². The van der Waals surface area contributed by atoms with Crippen molar-refractivity contribution in [3.63, 3.8) is 0 Å². The van der Waals surface area contributed by atoms with Gasteiger partial charge >= 0.3 is 5.97 Å². The molecule has 116 valence electrons. The number of carbonyl (C=O) groups is 1. The lowest BCUT2D eigenvalue weighted by Gasteiger charge is -2.13. The Bertz CT molecular complexity index is 657. The largest absolute Gasteiger partial charge is 0.479 e. The normalized spacial score (nSPS) is 12.9. The predicted octanol–water partition coefficient (Wildman–Crippen LogP) is 0.281. The molecule has 10 heteroatoms. The first-order valence-electron chi connectivity index (χ1n) is 5.70. The highest BCUT2D eigenvalue weighted by Crippen LogP contribution is 2.26. The van der Waals surface area contributed by atoms with Crippen LogP contribution in [0.4, 0.5) is 5.69 Å². The number of rotatable bonds is 7. The van der Waals surface area contributed by atoms with E-state index < -0.39 is 44.1 Å². The van der Waals surface area contributed by atoms with Gasteiger partial charge in [-0.1, -0.05) is 12.1 Å². The Kier molecular flexibility index (Phi) is 5.35. The zero-order valence-electron chi connectivity index (χ0n) is 11.3. The maximum Gasteiger partial charge on any atom is 0.334 e. The van der Waals surface area contributed by atoms with Crippen molar-refractivity contribution >= 4 is 21.7 Å². The van der Waals surface area contributed by atoms with Crippen LogP contribution in [-0.4, -0.2) is 44.2 Å². The summed E-state index contributed by atoms with van der Waals surface area (Å²) in [7, 11) is -3.13. The van der Waals surface area contributed by atoms with Crippen LogP contribution in [0.3, 0.4) is 0 Å². The van der Waals surface area contributed by atoms with E-state index in [4.69, 9.17) is 5.11 Å². The lowest BCUT2D eigenvalue weighted by molar-refractivity contribution is -0.387. The highest BCUT2D eigenvalue weighted by Gasteiger charge is 2.29. The number of hydrogen-bond acceptors (Lipinski definition) is 6. The fourth-order valence-electron chi connectivity index (χ4n) is 1.66. The molecule has 0 fully saturated rings. The number of methoxy groups -OCH3 is 1. The van der Waals surface area contributed by atoms with Gasteiger partial charge in [0.1, 0.15) is 0 Å². The van der Waals surface area contributed by atoms with Gasteiger partial charge in [-0.05, 0) is 12.5 Å². The maximum absolute atomic E-state index is 12.2. The number of aryl methyl sites for hydroxylation is 1. The fourth-order valence-corrected chi connectivity index (χ4v) is 3.08. The Hall–Kier alpha value is -2.04. The van der Waals surface area contributed by atoms with Crippen LogP contribution in [0, 0.1) is 17.0 Å². The van der Waals surface area contributed by atoms with Crippen LogP contribution < -0.4 is 4.72 Å². The quantitative estimate of drug-likeness (QED) is 0.544. The molecule has 0 radical (unpaired) electrons. The molecular formula is C11H14N2O7S. The number of nitro benzene ring substituents is 1. The zero-order chi connectivity index (χ0) is 16.2. The molecule has 9 nitrogen and oxygen atoms in total. The SMILES string of the molecule is COC(CNS(=O)(=O)c1c(C)cccc1[N+](=O)[O-])C(=O)O. The Balaban J connectivity index is 3.15. The molecule has 0 aliphatic carbocycles. The first kappa shape index (κ1) is 17.0. The van der Waals surface area contributed by atoms with Crippen LogP contribution in [0.5, 0.6) is 0 Å². The summed E-state index contributed by atoms with van der Waals surface area (Å²) in [4.78, 5) is 20.4. The van der Waals surface area contributed by atoms with Crippen molar-refractivity contribution in [2.24, 2.45) is 0 Å². The van der Waals surface area contributed by atoms with E-state index in [-0.39, 0.29) is 5.56 Å². The Morgan fingerprint density at radius 1 is 1.52 bits per heavy atom. The summed E-state index contributed by atoms with van der Waals surface area (Å²) in [5.74, 6) is -1.35. The minimum atomic E-state index is -4.24. The molecule has 2 N–H and O–H groups in total. The Morgan fingerprint density at radius 2 is 2.14 bits per heavy atom. The monoisotopic (exact) mass is 318 g/mol. The lowest BCUT2D eigenvalue weighted by Crippen LogP contribution is -2.38. The van der Waals surface area contributed by atoms with E-state index in [1.54, 1.807) is 0 Å². The number of carboxylic acids is 1. The highest BCUT2D eigenvalue weighted by atomic mass is 32.2. The minimum Gasteiger partial charge on any atom is -0.479 e. The van der Waals surface area contributed by atoms with E-state index in [1.165, 1.54) is 19.1 Å². The second-order valence-corrected chi connectivity index (χ2v) is 5.80. The first-order chi connectivity index (χ1) is 9.70. The number of carboxylic acid groups (broad SMARTS) is 1. The third kappa shape index (κ3) is 3.97. The summed E-state index contributed by atoms with van der Waals surface area (Å²) in [5.41, 5.74) is -0.396. The molecule has 1 atom stereocenters. The molecule has 0 saturated heterocycles. The highest BCUT2D eigenvalue weighted by molar-refractivity contribution is 7.89. The average Bonchev–Trinajstić information content (AvgIpc) is 2.38. The van der Waals surface area contributed by atoms with Gasteiger partial charge in [0.25, 0.3) is 5.69 Å². The number of benzene rings is 1. The minimum absolute atomic E-state index is 0.181. The molecule has 0 aromatic heterocycles. The summed E-state index contributed by atoms with van der Waals surface area (Å²) in [6, 6.07) is 3.83. The number of nitro groups is 1. The summed E-state index contributed by atoms with van der Waals surface area (Å²) in [6.07, 6.45) is -1.39. The van der Waals surface area contributed by atoms with Crippen molar-refractivity contribution in [3.8, 4) is 0 Å². The number of nitrogens with zero attached hydrogens (tertiary/aromatic N) is 1. The second kappa shape index (κ2) is 6.61. The molecule has 1 aromatic rings. The topological polar surface area (TPSA) is 136 Å². The molecule has 0 aliphatic rings. The van der Waals surface area contributed by atoms with Gasteiger partial charge in [0.05, 0.1) is 4.92 Å². The Morgan fingerprint density at radius 3 is 2.62 bits per heavy atom. The van der Waals surface area contributed by atoms with Crippen molar-refractivity contribution in [2.45, 2.75) is 17.9 Å². The van der Waals surface area contributed by atoms with Crippen LogP contribution in [0.15, 0.2) is 23.1 Å². The van der Waals surface area contributed by atoms with E-state index in [0.717, 1.165) is 13.2 Å². The fraction of sp³-hybridized carbons (Fsp3) is 0.364. The van der Waals surface area contributed by atoms with E-state index in [0.29, 0.717) is 0 Å². The van der Waals surface area contributed by atoms with Gasteiger partial charge in [-0.25, -0.2) is 17.9 Å². The molecular weight excluding hydrogens is 304 g/mol. The summed E-state index contributed by atoms with van der Waals surface area (Å²) >= 11 is 0. The summed E-state index contributed by atoms with van der Waals surface area (Å²) in [6.45, 7) is 0.867. The van der Waals surface area contributed by atoms with Gasteiger partial charge in [-0.3, -0.25) is 10.1 Å². The van der Waals surface area contributed by atoms with Crippen molar-refractivity contribution in [1.29, 1.82) is 0 Å². The summed E-state index contributed by atoms with van der Waals surface area (Å²) < 4.78 is 30.9. The number of hydrogen-bond donors (Lipinski definition) is 2. The van der Waals surface area contributed by atoms with Crippen LogP contribution in [-0.2, 0) is 19.6 Å². The van der Waals surface area contributed by atoms with Gasteiger partial charge in [0, 0.05) is 19.7 Å². The first-order valence-corrected chi connectivity index (χ1v) is 7.18. The Labute approximate surface area is 120 Å². The standard InChI is InChI=1S/C11H14N2O7S/c1-7-4-3-5-8(13(16)17)10(7)21(18,19)12-6-9(20-2)11(14)15/h3-5,9,12H,6H2,1-2H3,(H,14,15). The van der Waals surface area contributed by atoms with Crippen molar-refractivity contribution < 1.29 is 28.0 Å². The molecule has 0 spiro atoms. The molecule has 0 aliphatic heterocycles. The molecule has 0 amide bonds. The van der Waals surface area contributed by atoms with E-state index in [2.05, 4.69) is 4.74 Å². The number of aliphatic carboxylic acids is 1.